The highest BCUT2D eigenvalue weighted by atomic mass is 32.2. The van der Waals surface area contributed by atoms with Gasteiger partial charge in [0.2, 0.25) is 11.8 Å². The third kappa shape index (κ3) is 5.33. The van der Waals surface area contributed by atoms with E-state index in [0.29, 0.717) is 12.8 Å². The molecule has 198 valence electrons. The van der Waals surface area contributed by atoms with Gasteiger partial charge in [0.1, 0.15) is 12.1 Å². The van der Waals surface area contributed by atoms with E-state index in [-0.39, 0.29) is 30.5 Å². The normalized spacial score (nSPS) is 22.8. The molecular formula is C23H24F3N5O5S. The number of rotatable bonds is 8. The van der Waals surface area contributed by atoms with E-state index in [2.05, 4.69) is 10.4 Å². The van der Waals surface area contributed by atoms with Crippen molar-refractivity contribution in [2.75, 3.05) is 7.11 Å². The molecule has 0 bridgehead atoms. The second-order valence-electron chi connectivity index (χ2n) is 9.30. The van der Waals surface area contributed by atoms with E-state index < -0.39 is 61.1 Å². The lowest BCUT2D eigenvalue weighted by molar-refractivity contribution is -0.139. The topological polar surface area (TPSA) is 157 Å². The Morgan fingerprint density at radius 2 is 2.00 bits per heavy atom. The molecule has 1 aromatic heterocycles. The van der Waals surface area contributed by atoms with Gasteiger partial charge in [-0.1, -0.05) is 6.07 Å². The number of halogens is 3. The molecule has 2 saturated carbocycles. The van der Waals surface area contributed by atoms with Crippen molar-refractivity contribution in [3.8, 4) is 17.2 Å². The van der Waals surface area contributed by atoms with Crippen molar-refractivity contribution in [1.82, 2.24) is 15.1 Å². The molecule has 4 rings (SSSR count). The van der Waals surface area contributed by atoms with Crippen LogP contribution in [0.3, 0.4) is 0 Å². The first-order valence-electron chi connectivity index (χ1n) is 11.3. The van der Waals surface area contributed by atoms with Crippen LogP contribution in [0.2, 0.25) is 0 Å². The van der Waals surface area contributed by atoms with Gasteiger partial charge in [0.25, 0.3) is 0 Å². The average molecular weight is 540 g/mol. The number of carbonyl (C=O) groups is 2. The molecule has 2 aromatic rings. The number of hydrogen-bond acceptors (Lipinski definition) is 7. The Morgan fingerprint density at radius 1 is 1.30 bits per heavy atom. The average Bonchev–Trinajstić information content (AvgIpc) is 3.23. The van der Waals surface area contributed by atoms with Crippen molar-refractivity contribution in [3.05, 3.63) is 36.2 Å². The van der Waals surface area contributed by atoms with E-state index in [1.54, 1.807) is 0 Å². The number of sulfone groups is 1. The number of benzene rings is 1. The van der Waals surface area contributed by atoms with Crippen molar-refractivity contribution in [2.24, 2.45) is 11.7 Å². The van der Waals surface area contributed by atoms with Crippen LogP contribution in [0.5, 0.6) is 0 Å². The maximum absolute atomic E-state index is 14.1. The molecule has 1 heterocycles. The maximum atomic E-state index is 14.1. The largest absolute Gasteiger partial charge is 0.417 e. The molecule has 1 unspecified atom stereocenters. The molecule has 2 amide bonds. The van der Waals surface area contributed by atoms with Gasteiger partial charge < -0.3 is 15.8 Å². The molecule has 0 aliphatic heterocycles. The summed E-state index contributed by atoms with van der Waals surface area (Å²) in [6, 6.07) is 4.85. The lowest BCUT2D eigenvalue weighted by Crippen LogP contribution is -2.42. The van der Waals surface area contributed by atoms with Crippen LogP contribution in [0.15, 0.2) is 35.5 Å². The quantitative estimate of drug-likeness (QED) is 0.518. The number of methoxy groups -OCH3 is 1. The Morgan fingerprint density at radius 3 is 2.57 bits per heavy atom. The number of nitrogens with two attached hydrogens (primary N) is 1. The number of ether oxygens (including phenoxy) is 1. The van der Waals surface area contributed by atoms with Crippen LogP contribution in [-0.2, 0) is 36.9 Å². The van der Waals surface area contributed by atoms with Gasteiger partial charge >= 0.3 is 6.18 Å². The Bertz CT molecular complexity index is 1380. The van der Waals surface area contributed by atoms with Crippen LogP contribution in [0.4, 0.5) is 13.2 Å². The van der Waals surface area contributed by atoms with Gasteiger partial charge in [0.05, 0.1) is 40.0 Å². The van der Waals surface area contributed by atoms with Crippen molar-refractivity contribution < 1.29 is 35.9 Å². The smallest absolute Gasteiger partial charge is 0.381 e. The predicted octanol–water partition coefficient (Wildman–Crippen LogP) is 1.79. The minimum Gasteiger partial charge on any atom is -0.381 e. The molecule has 1 aromatic carbocycles. The number of hydrogen-bond donors (Lipinski definition) is 2. The van der Waals surface area contributed by atoms with Gasteiger partial charge in [-0.05, 0) is 43.4 Å². The molecule has 14 heteroatoms. The van der Waals surface area contributed by atoms with Gasteiger partial charge in [0, 0.05) is 18.9 Å². The monoisotopic (exact) mass is 539 g/mol. The minimum atomic E-state index is -5.00. The standard InChI is InChI=1S/C23H24F3N5O5S/c1-36-18-8-15(7-16(18)21(33)30-22(12-27)4-5-22)37(34,35)19-3-2-13(6-17(19)23(24,25)26)14-9-29-31(10-14)11-20(28)32/h2-3,6,9-10,15-16,18H,4-5,7-8,11H2,1H3,(H2,28,32)(H,30,33)/t15-,16?,18-/m0/s1. The number of nitrogens with zero attached hydrogens (tertiary/aromatic N) is 3. The summed E-state index contributed by atoms with van der Waals surface area (Å²) in [5, 5.41) is 14.4. The molecular weight excluding hydrogens is 515 g/mol. The molecule has 2 aliphatic carbocycles. The molecule has 0 radical (unpaired) electrons. The summed E-state index contributed by atoms with van der Waals surface area (Å²) < 4.78 is 75.5. The van der Waals surface area contributed by atoms with Crippen LogP contribution < -0.4 is 11.1 Å². The molecule has 3 atom stereocenters. The molecule has 2 aliphatic rings. The summed E-state index contributed by atoms with van der Waals surface area (Å²) in [4.78, 5) is 23.0. The maximum Gasteiger partial charge on any atom is 0.417 e. The first-order valence-corrected chi connectivity index (χ1v) is 12.9. The Balaban J connectivity index is 1.64. The highest BCUT2D eigenvalue weighted by Gasteiger charge is 2.51. The lowest BCUT2D eigenvalue weighted by Gasteiger charge is -2.19. The van der Waals surface area contributed by atoms with Crippen LogP contribution in [0.25, 0.3) is 11.1 Å². The molecule has 2 fully saturated rings. The zero-order valence-corrected chi connectivity index (χ0v) is 20.5. The lowest BCUT2D eigenvalue weighted by atomic mass is 10.0. The summed E-state index contributed by atoms with van der Waals surface area (Å²) in [5.41, 5.74) is 3.06. The summed E-state index contributed by atoms with van der Waals surface area (Å²) in [6.45, 7) is -0.273. The number of amides is 2. The van der Waals surface area contributed by atoms with E-state index in [0.717, 1.165) is 16.8 Å². The predicted molar refractivity (Wildman–Crippen MR) is 122 cm³/mol. The fourth-order valence-electron chi connectivity index (χ4n) is 4.58. The summed E-state index contributed by atoms with van der Waals surface area (Å²) >= 11 is 0. The first kappa shape index (κ1) is 26.6. The van der Waals surface area contributed by atoms with Gasteiger partial charge in [-0.2, -0.15) is 23.5 Å². The summed E-state index contributed by atoms with van der Waals surface area (Å²) in [7, 11) is -3.24. The summed E-state index contributed by atoms with van der Waals surface area (Å²) in [6.07, 6.45) is -2.73. The van der Waals surface area contributed by atoms with Gasteiger partial charge in [-0.3, -0.25) is 14.3 Å². The fourth-order valence-corrected chi connectivity index (χ4v) is 6.58. The number of primary amides is 1. The highest BCUT2D eigenvalue weighted by Crippen LogP contribution is 2.43. The molecule has 0 saturated heterocycles. The molecule has 37 heavy (non-hydrogen) atoms. The first-order chi connectivity index (χ1) is 17.3. The van der Waals surface area contributed by atoms with Gasteiger partial charge in [-0.25, -0.2) is 8.42 Å². The van der Waals surface area contributed by atoms with Crippen LogP contribution in [0, 0.1) is 17.2 Å². The molecule has 3 N–H and O–H groups in total. The zero-order chi connectivity index (χ0) is 27.2. The number of nitrogens with one attached hydrogen (secondary N) is 1. The van der Waals surface area contributed by atoms with Gasteiger partial charge in [-0.15, -0.1) is 0 Å². The second-order valence-corrected chi connectivity index (χ2v) is 11.5. The van der Waals surface area contributed by atoms with E-state index in [4.69, 9.17) is 10.5 Å². The van der Waals surface area contributed by atoms with Crippen LogP contribution >= 0.6 is 0 Å². The highest BCUT2D eigenvalue weighted by molar-refractivity contribution is 7.92. The number of nitriles is 1. The van der Waals surface area contributed by atoms with Crippen molar-refractivity contribution in [3.63, 3.8) is 0 Å². The van der Waals surface area contributed by atoms with Crippen LogP contribution in [-0.4, -0.2) is 54.0 Å². The number of aromatic nitrogens is 2. The Labute approximate surface area is 210 Å². The SMILES string of the molecule is CO[C@H]1C[C@@H](S(=O)(=O)c2ccc(-c3cnn(CC(N)=O)c3)cc2C(F)(F)F)CC1C(=O)NC1(C#N)CC1. The third-order valence-corrected chi connectivity index (χ3v) is 8.97. The number of carbonyl (C=O) groups excluding carboxylic acids is 2. The Kier molecular flexibility index (Phi) is 6.80. The van der Waals surface area contributed by atoms with E-state index in [9.17, 15) is 36.4 Å². The summed E-state index contributed by atoms with van der Waals surface area (Å²) in [5.74, 6) is -2.17. The van der Waals surface area contributed by atoms with Crippen LogP contribution in [0.1, 0.15) is 31.2 Å². The Hall–Kier alpha value is -3.44. The zero-order valence-electron chi connectivity index (χ0n) is 19.7. The van der Waals surface area contributed by atoms with E-state index >= 15 is 0 Å². The van der Waals surface area contributed by atoms with E-state index in [1.807, 2.05) is 6.07 Å². The minimum absolute atomic E-state index is 0.0478. The molecule has 0 spiro atoms. The fraction of sp³-hybridized carbons (Fsp3) is 0.478. The van der Waals surface area contributed by atoms with Crippen molar-refractivity contribution >= 4 is 21.7 Å². The molecule has 10 nitrogen and oxygen atoms in total. The van der Waals surface area contributed by atoms with Crippen molar-refractivity contribution in [2.45, 2.75) is 60.2 Å². The van der Waals surface area contributed by atoms with Gasteiger partial charge in [0.15, 0.2) is 9.84 Å². The second kappa shape index (κ2) is 9.46. The number of alkyl halides is 3. The van der Waals surface area contributed by atoms with E-state index in [1.165, 1.54) is 25.6 Å². The van der Waals surface area contributed by atoms with Crippen molar-refractivity contribution in [1.29, 1.82) is 5.26 Å². The third-order valence-electron chi connectivity index (χ3n) is 6.74.